The van der Waals surface area contributed by atoms with E-state index in [1.807, 2.05) is 13.8 Å². The maximum Gasteiger partial charge on any atom is 0.416 e. The SMILES string of the molecule is CC(C)/C(=C/c1cc(F)cc(C(F)(F)F)c1)CCl. The van der Waals surface area contributed by atoms with Gasteiger partial charge in [0.1, 0.15) is 5.82 Å². The van der Waals surface area contributed by atoms with Crippen LogP contribution >= 0.6 is 11.6 Å². The predicted octanol–water partition coefficient (Wildman–Crippen LogP) is 5.12. The van der Waals surface area contributed by atoms with Crippen LogP contribution in [0.2, 0.25) is 0 Å². The molecule has 0 N–H and O–H groups in total. The molecule has 0 spiro atoms. The number of allylic oxidation sites excluding steroid dienone is 1. The van der Waals surface area contributed by atoms with Gasteiger partial charge in [0, 0.05) is 5.88 Å². The molecule has 0 unspecified atom stereocenters. The van der Waals surface area contributed by atoms with E-state index < -0.39 is 17.6 Å². The van der Waals surface area contributed by atoms with Crippen LogP contribution in [-0.4, -0.2) is 5.88 Å². The van der Waals surface area contributed by atoms with Crippen LogP contribution in [0.1, 0.15) is 25.0 Å². The second-order valence-corrected chi connectivity index (χ2v) is 4.55. The third-order valence-corrected chi connectivity index (χ3v) is 2.80. The summed E-state index contributed by atoms with van der Waals surface area (Å²) < 4.78 is 50.7. The van der Waals surface area contributed by atoms with Gasteiger partial charge in [0.25, 0.3) is 0 Å². The lowest BCUT2D eigenvalue weighted by molar-refractivity contribution is -0.137. The van der Waals surface area contributed by atoms with Crippen LogP contribution in [0.25, 0.3) is 6.08 Å². The Labute approximate surface area is 108 Å². The summed E-state index contributed by atoms with van der Waals surface area (Å²) in [7, 11) is 0. The average Bonchev–Trinajstić information content (AvgIpc) is 2.23. The first-order valence-corrected chi connectivity index (χ1v) is 5.91. The van der Waals surface area contributed by atoms with Crippen molar-refractivity contribution >= 4 is 17.7 Å². The number of alkyl halides is 4. The van der Waals surface area contributed by atoms with E-state index >= 15 is 0 Å². The minimum absolute atomic E-state index is 0.0973. The zero-order chi connectivity index (χ0) is 13.9. The molecule has 1 aromatic carbocycles. The molecule has 1 rings (SSSR count). The minimum Gasteiger partial charge on any atom is -0.207 e. The van der Waals surface area contributed by atoms with E-state index in [0.29, 0.717) is 6.07 Å². The van der Waals surface area contributed by atoms with Gasteiger partial charge in [0.15, 0.2) is 0 Å². The van der Waals surface area contributed by atoms with Crippen LogP contribution < -0.4 is 0 Å². The Morgan fingerprint density at radius 3 is 2.33 bits per heavy atom. The smallest absolute Gasteiger partial charge is 0.207 e. The van der Waals surface area contributed by atoms with Gasteiger partial charge in [-0.05, 0) is 29.7 Å². The zero-order valence-electron chi connectivity index (χ0n) is 9.98. The summed E-state index contributed by atoms with van der Waals surface area (Å²) in [5.41, 5.74) is -0.0616. The molecule has 0 fully saturated rings. The summed E-state index contributed by atoms with van der Waals surface area (Å²) in [6.07, 6.45) is -3.06. The molecule has 100 valence electrons. The number of hydrogen-bond acceptors (Lipinski definition) is 0. The molecule has 0 aliphatic carbocycles. The Bertz CT molecular complexity index is 447. The van der Waals surface area contributed by atoms with Gasteiger partial charge in [-0.2, -0.15) is 13.2 Å². The van der Waals surface area contributed by atoms with E-state index in [1.54, 1.807) is 0 Å². The predicted molar refractivity (Wildman–Crippen MR) is 64.9 cm³/mol. The van der Waals surface area contributed by atoms with Gasteiger partial charge in [-0.3, -0.25) is 0 Å². The van der Waals surface area contributed by atoms with Gasteiger partial charge >= 0.3 is 6.18 Å². The zero-order valence-corrected chi connectivity index (χ0v) is 10.7. The molecule has 0 aromatic heterocycles. The van der Waals surface area contributed by atoms with E-state index in [4.69, 9.17) is 11.6 Å². The Kier molecular flexibility index (Phi) is 4.79. The minimum atomic E-state index is -4.55. The molecule has 0 nitrogen and oxygen atoms in total. The van der Waals surface area contributed by atoms with E-state index in [2.05, 4.69) is 0 Å². The second kappa shape index (κ2) is 5.74. The molecular weight excluding hydrogens is 268 g/mol. The first-order chi connectivity index (χ1) is 8.24. The Hall–Kier alpha value is -1.03. The summed E-state index contributed by atoms with van der Waals surface area (Å²) >= 11 is 5.70. The van der Waals surface area contributed by atoms with Gasteiger partial charge in [-0.1, -0.05) is 25.5 Å². The van der Waals surface area contributed by atoms with Gasteiger partial charge in [-0.25, -0.2) is 4.39 Å². The maximum absolute atomic E-state index is 13.2. The molecule has 0 bridgehead atoms. The maximum atomic E-state index is 13.2. The highest BCUT2D eigenvalue weighted by molar-refractivity contribution is 6.19. The average molecular weight is 281 g/mol. The van der Waals surface area contributed by atoms with E-state index in [0.717, 1.165) is 17.7 Å². The van der Waals surface area contributed by atoms with Crippen molar-refractivity contribution in [3.05, 3.63) is 40.7 Å². The molecule has 0 saturated carbocycles. The molecular formula is C13H13ClF4. The molecule has 0 aliphatic rings. The molecule has 0 amide bonds. The number of halogens is 5. The third kappa shape index (κ3) is 4.02. The highest BCUT2D eigenvalue weighted by Crippen LogP contribution is 2.31. The lowest BCUT2D eigenvalue weighted by Crippen LogP contribution is -2.06. The fraction of sp³-hybridized carbons (Fsp3) is 0.385. The van der Waals surface area contributed by atoms with Crippen molar-refractivity contribution in [3.63, 3.8) is 0 Å². The molecule has 18 heavy (non-hydrogen) atoms. The standard InChI is InChI=1S/C13H13ClF4/c1-8(2)10(7-14)3-9-4-11(13(16,17)18)6-12(15)5-9/h3-6,8H,7H2,1-2H3/b10-3+. The van der Waals surface area contributed by atoms with Crippen molar-refractivity contribution in [1.29, 1.82) is 0 Å². The second-order valence-electron chi connectivity index (χ2n) is 4.28. The summed E-state index contributed by atoms with van der Waals surface area (Å²) in [5, 5.41) is 0. The van der Waals surface area contributed by atoms with Gasteiger partial charge in [0.05, 0.1) is 5.56 Å². The summed E-state index contributed by atoms with van der Waals surface area (Å²) in [6, 6.07) is 2.45. The van der Waals surface area contributed by atoms with Gasteiger partial charge in [0.2, 0.25) is 0 Å². The first kappa shape index (κ1) is 15.0. The lowest BCUT2D eigenvalue weighted by atomic mass is 10.0. The summed E-state index contributed by atoms with van der Waals surface area (Å²) in [6.45, 7) is 3.75. The molecule has 0 radical (unpaired) electrons. The lowest BCUT2D eigenvalue weighted by Gasteiger charge is -2.10. The van der Waals surface area contributed by atoms with Crippen molar-refractivity contribution in [2.24, 2.45) is 5.92 Å². The highest BCUT2D eigenvalue weighted by Gasteiger charge is 2.31. The van der Waals surface area contributed by atoms with Crippen molar-refractivity contribution in [2.45, 2.75) is 20.0 Å². The largest absolute Gasteiger partial charge is 0.416 e. The number of rotatable bonds is 3. The van der Waals surface area contributed by atoms with E-state index in [-0.39, 0.29) is 17.4 Å². The molecule has 0 atom stereocenters. The van der Waals surface area contributed by atoms with Crippen LogP contribution in [0.5, 0.6) is 0 Å². The first-order valence-electron chi connectivity index (χ1n) is 5.38. The number of benzene rings is 1. The normalized spacial score (nSPS) is 13.2. The highest BCUT2D eigenvalue weighted by atomic mass is 35.5. The summed E-state index contributed by atoms with van der Waals surface area (Å²) in [4.78, 5) is 0. The fourth-order valence-corrected chi connectivity index (χ4v) is 1.82. The van der Waals surface area contributed by atoms with Crippen LogP contribution in [0, 0.1) is 11.7 Å². The van der Waals surface area contributed by atoms with Crippen LogP contribution in [-0.2, 0) is 6.18 Å². The Balaban J connectivity index is 3.22. The number of hydrogen-bond donors (Lipinski definition) is 0. The van der Waals surface area contributed by atoms with E-state index in [1.165, 1.54) is 6.08 Å². The molecule has 5 heteroatoms. The fourth-order valence-electron chi connectivity index (χ4n) is 1.43. The Morgan fingerprint density at radius 1 is 1.28 bits per heavy atom. The summed E-state index contributed by atoms with van der Waals surface area (Å²) in [5.74, 6) is -0.607. The Morgan fingerprint density at radius 2 is 1.89 bits per heavy atom. The van der Waals surface area contributed by atoms with Crippen molar-refractivity contribution in [1.82, 2.24) is 0 Å². The monoisotopic (exact) mass is 280 g/mol. The molecule has 1 aromatic rings. The topological polar surface area (TPSA) is 0 Å². The third-order valence-electron chi connectivity index (χ3n) is 2.50. The van der Waals surface area contributed by atoms with Gasteiger partial charge < -0.3 is 0 Å². The molecule has 0 saturated heterocycles. The molecule has 0 aliphatic heterocycles. The van der Waals surface area contributed by atoms with Crippen molar-refractivity contribution in [2.75, 3.05) is 5.88 Å². The van der Waals surface area contributed by atoms with Gasteiger partial charge in [-0.15, -0.1) is 11.6 Å². The van der Waals surface area contributed by atoms with Crippen LogP contribution in [0.3, 0.4) is 0 Å². The van der Waals surface area contributed by atoms with Crippen LogP contribution in [0.15, 0.2) is 23.8 Å². The van der Waals surface area contributed by atoms with Crippen molar-refractivity contribution in [3.8, 4) is 0 Å². The quantitative estimate of drug-likeness (QED) is 0.532. The van der Waals surface area contributed by atoms with E-state index in [9.17, 15) is 17.6 Å². The van der Waals surface area contributed by atoms with Crippen LogP contribution in [0.4, 0.5) is 17.6 Å². The van der Waals surface area contributed by atoms with Crippen molar-refractivity contribution < 1.29 is 17.6 Å². The molecule has 0 heterocycles.